The van der Waals surface area contributed by atoms with Gasteiger partial charge in [0.2, 0.25) is 10.0 Å². The zero-order valence-electron chi connectivity index (χ0n) is 13.4. The fourth-order valence-electron chi connectivity index (χ4n) is 2.03. The van der Waals surface area contributed by atoms with Gasteiger partial charge in [0.1, 0.15) is 6.04 Å². The molecule has 1 aromatic rings. The first kappa shape index (κ1) is 18.9. The van der Waals surface area contributed by atoms with Gasteiger partial charge in [-0.2, -0.15) is 4.31 Å². The van der Waals surface area contributed by atoms with Gasteiger partial charge in [-0.15, -0.1) is 13.0 Å². The van der Waals surface area contributed by atoms with E-state index in [2.05, 4.69) is 12.5 Å². The molecule has 0 heterocycles. The Bertz CT molecular complexity index is 686. The third-order valence-electron chi connectivity index (χ3n) is 3.17. The van der Waals surface area contributed by atoms with Crippen molar-refractivity contribution in [3.05, 3.63) is 42.5 Å². The SMILES string of the molecule is C#CCN(C(CC=C)C(=O)OCC)S(=O)(=O)c1ccc(C)cc1. The summed E-state index contributed by atoms with van der Waals surface area (Å²) in [5.41, 5.74) is 0.931. The summed E-state index contributed by atoms with van der Waals surface area (Å²) in [5, 5.41) is 0. The van der Waals surface area contributed by atoms with Crippen LogP contribution in [0.2, 0.25) is 0 Å². The Morgan fingerprint density at radius 1 is 1.43 bits per heavy atom. The maximum Gasteiger partial charge on any atom is 0.324 e. The molecule has 6 heteroatoms. The van der Waals surface area contributed by atoms with Crippen LogP contribution in [0.15, 0.2) is 41.8 Å². The lowest BCUT2D eigenvalue weighted by Crippen LogP contribution is -2.45. The Labute approximate surface area is 138 Å². The smallest absolute Gasteiger partial charge is 0.324 e. The van der Waals surface area contributed by atoms with E-state index in [0.717, 1.165) is 9.87 Å². The van der Waals surface area contributed by atoms with E-state index in [9.17, 15) is 13.2 Å². The standard InChI is InChI=1S/C17H21NO4S/c1-5-8-16(17(19)22-7-3)18(13-6-2)23(20,21)15-11-9-14(4)10-12-15/h2,5,9-12,16H,1,7-8,13H2,3-4H3. The molecule has 0 saturated carbocycles. The number of hydrogen-bond donors (Lipinski definition) is 0. The van der Waals surface area contributed by atoms with E-state index >= 15 is 0 Å². The van der Waals surface area contributed by atoms with Crippen LogP contribution in [0.1, 0.15) is 18.9 Å². The third kappa shape index (κ3) is 4.68. The van der Waals surface area contributed by atoms with Crippen molar-refractivity contribution in [1.29, 1.82) is 0 Å². The molecule has 0 N–H and O–H groups in total. The lowest BCUT2D eigenvalue weighted by Gasteiger charge is -2.27. The molecule has 124 valence electrons. The number of rotatable bonds is 8. The Kier molecular flexibility index (Phi) is 7.01. The molecule has 1 unspecified atom stereocenters. The number of esters is 1. The average Bonchev–Trinajstić information content (AvgIpc) is 2.51. The molecule has 0 aliphatic carbocycles. The number of ether oxygens (including phenoxy) is 1. The van der Waals surface area contributed by atoms with Crippen LogP contribution in [-0.4, -0.2) is 37.9 Å². The molecule has 0 amide bonds. The van der Waals surface area contributed by atoms with Crippen LogP contribution in [0.5, 0.6) is 0 Å². The van der Waals surface area contributed by atoms with Crippen molar-refractivity contribution in [2.45, 2.75) is 31.2 Å². The molecular formula is C17H21NO4S. The van der Waals surface area contributed by atoms with Crippen LogP contribution in [0.3, 0.4) is 0 Å². The van der Waals surface area contributed by atoms with Gasteiger partial charge >= 0.3 is 5.97 Å². The van der Waals surface area contributed by atoms with Gasteiger partial charge in [-0.1, -0.05) is 29.7 Å². The van der Waals surface area contributed by atoms with Gasteiger partial charge in [-0.3, -0.25) is 4.79 Å². The number of nitrogens with zero attached hydrogens (tertiary/aromatic N) is 1. The molecule has 23 heavy (non-hydrogen) atoms. The monoisotopic (exact) mass is 335 g/mol. The van der Waals surface area contributed by atoms with Crippen molar-refractivity contribution in [2.75, 3.05) is 13.2 Å². The quantitative estimate of drug-likeness (QED) is 0.415. The van der Waals surface area contributed by atoms with E-state index < -0.39 is 22.0 Å². The summed E-state index contributed by atoms with van der Waals surface area (Å²) in [7, 11) is -3.92. The molecule has 5 nitrogen and oxygen atoms in total. The molecule has 0 bridgehead atoms. The second kappa shape index (κ2) is 8.51. The molecule has 0 fully saturated rings. The lowest BCUT2D eigenvalue weighted by molar-refractivity contribution is -0.147. The zero-order chi connectivity index (χ0) is 17.5. The minimum Gasteiger partial charge on any atom is -0.465 e. The highest BCUT2D eigenvalue weighted by atomic mass is 32.2. The van der Waals surface area contributed by atoms with E-state index in [-0.39, 0.29) is 24.5 Å². The highest BCUT2D eigenvalue weighted by Crippen LogP contribution is 2.21. The van der Waals surface area contributed by atoms with E-state index in [1.807, 2.05) is 6.92 Å². The number of aryl methyl sites for hydroxylation is 1. The number of hydrogen-bond acceptors (Lipinski definition) is 4. The maximum atomic E-state index is 12.8. The minimum absolute atomic E-state index is 0.0803. The first-order valence-electron chi connectivity index (χ1n) is 7.18. The van der Waals surface area contributed by atoms with Crippen LogP contribution < -0.4 is 0 Å². The fourth-order valence-corrected chi connectivity index (χ4v) is 3.53. The van der Waals surface area contributed by atoms with Crippen molar-refractivity contribution in [2.24, 2.45) is 0 Å². The Morgan fingerprint density at radius 3 is 2.52 bits per heavy atom. The number of carbonyl (C=O) groups excluding carboxylic acids is 1. The molecule has 1 atom stereocenters. The van der Waals surface area contributed by atoms with Gasteiger partial charge in [-0.25, -0.2) is 8.42 Å². The van der Waals surface area contributed by atoms with Crippen LogP contribution in [0.25, 0.3) is 0 Å². The molecule has 0 spiro atoms. The maximum absolute atomic E-state index is 12.8. The van der Waals surface area contributed by atoms with Crippen molar-refractivity contribution in [3.63, 3.8) is 0 Å². The summed E-state index contributed by atoms with van der Waals surface area (Å²) >= 11 is 0. The van der Waals surface area contributed by atoms with Crippen molar-refractivity contribution in [1.82, 2.24) is 4.31 Å². The summed E-state index contributed by atoms with van der Waals surface area (Å²) in [6, 6.07) is 5.32. The van der Waals surface area contributed by atoms with Gasteiger partial charge < -0.3 is 4.74 Å². The normalized spacial score (nSPS) is 12.4. The largest absolute Gasteiger partial charge is 0.465 e. The Balaban J connectivity index is 3.30. The Morgan fingerprint density at radius 2 is 2.04 bits per heavy atom. The summed E-state index contributed by atoms with van der Waals surface area (Å²) in [6.07, 6.45) is 6.89. The number of sulfonamides is 1. The van der Waals surface area contributed by atoms with E-state index in [4.69, 9.17) is 11.2 Å². The minimum atomic E-state index is -3.92. The fraction of sp³-hybridized carbons (Fsp3) is 0.353. The molecule has 1 aromatic carbocycles. The van der Waals surface area contributed by atoms with Gasteiger partial charge in [0, 0.05) is 0 Å². The second-order valence-electron chi connectivity index (χ2n) is 4.86. The summed E-state index contributed by atoms with van der Waals surface area (Å²) in [6.45, 7) is 7.01. The topological polar surface area (TPSA) is 63.7 Å². The summed E-state index contributed by atoms with van der Waals surface area (Å²) < 4.78 is 31.6. The van der Waals surface area contributed by atoms with Crippen molar-refractivity contribution < 1.29 is 17.9 Å². The molecule has 0 aliphatic heterocycles. The third-order valence-corrected chi connectivity index (χ3v) is 5.04. The van der Waals surface area contributed by atoms with E-state index in [0.29, 0.717) is 0 Å². The first-order valence-corrected chi connectivity index (χ1v) is 8.62. The number of benzene rings is 1. The predicted molar refractivity (Wildman–Crippen MR) is 89.1 cm³/mol. The highest BCUT2D eigenvalue weighted by molar-refractivity contribution is 7.89. The average molecular weight is 335 g/mol. The summed E-state index contributed by atoms with van der Waals surface area (Å²) in [4.78, 5) is 12.2. The number of terminal acetylenes is 1. The summed E-state index contributed by atoms with van der Waals surface area (Å²) in [5.74, 6) is 1.66. The molecule has 0 aliphatic rings. The van der Waals surface area contributed by atoms with Crippen molar-refractivity contribution >= 4 is 16.0 Å². The second-order valence-corrected chi connectivity index (χ2v) is 6.75. The molecule has 0 saturated heterocycles. The first-order chi connectivity index (χ1) is 10.9. The van der Waals surface area contributed by atoms with Crippen LogP contribution >= 0.6 is 0 Å². The molecule has 0 aromatic heterocycles. The van der Waals surface area contributed by atoms with Crippen molar-refractivity contribution in [3.8, 4) is 12.3 Å². The highest BCUT2D eigenvalue weighted by Gasteiger charge is 2.35. The van der Waals surface area contributed by atoms with Gasteiger partial charge in [0.15, 0.2) is 0 Å². The predicted octanol–water partition coefficient (Wildman–Crippen LogP) is 2.13. The zero-order valence-corrected chi connectivity index (χ0v) is 14.2. The van der Waals surface area contributed by atoms with Gasteiger partial charge in [0.05, 0.1) is 18.0 Å². The van der Waals surface area contributed by atoms with E-state index in [1.165, 1.54) is 18.2 Å². The van der Waals surface area contributed by atoms with Crippen LogP contribution in [0, 0.1) is 19.3 Å². The van der Waals surface area contributed by atoms with Gasteiger partial charge in [-0.05, 0) is 32.4 Å². The lowest BCUT2D eigenvalue weighted by atomic mass is 10.2. The van der Waals surface area contributed by atoms with Gasteiger partial charge in [0.25, 0.3) is 0 Å². The van der Waals surface area contributed by atoms with Crippen LogP contribution in [-0.2, 0) is 19.6 Å². The molecule has 1 rings (SSSR count). The van der Waals surface area contributed by atoms with E-state index in [1.54, 1.807) is 19.1 Å². The molecular weight excluding hydrogens is 314 g/mol. The van der Waals surface area contributed by atoms with Crippen LogP contribution in [0.4, 0.5) is 0 Å². The number of carbonyl (C=O) groups is 1. The molecule has 0 radical (unpaired) electrons. The Hall–Kier alpha value is -2.10.